The van der Waals surface area contributed by atoms with Crippen molar-refractivity contribution in [1.82, 2.24) is 0 Å². The summed E-state index contributed by atoms with van der Waals surface area (Å²) in [5.41, 5.74) is 0.885. The van der Waals surface area contributed by atoms with Crippen LogP contribution in [0.2, 0.25) is 10.0 Å². The molecule has 1 N–H and O–H groups in total. The molecule has 24 heavy (non-hydrogen) atoms. The lowest BCUT2D eigenvalue weighted by atomic mass is 10.2. The highest BCUT2D eigenvalue weighted by Crippen LogP contribution is 2.33. The van der Waals surface area contributed by atoms with Crippen molar-refractivity contribution < 1.29 is 18.3 Å². The van der Waals surface area contributed by atoms with Crippen LogP contribution in [-0.2, 0) is 14.8 Å². The summed E-state index contributed by atoms with van der Waals surface area (Å²) >= 11 is 11.9. The Bertz CT molecular complexity index is 883. The highest BCUT2D eigenvalue weighted by molar-refractivity contribution is 7.93. The minimum Gasteiger partial charge on any atom is -0.480 e. The summed E-state index contributed by atoms with van der Waals surface area (Å²) in [6, 6.07) is 9.32. The maximum atomic E-state index is 13.1. The van der Waals surface area contributed by atoms with Crippen LogP contribution in [0.4, 0.5) is 5.69 Å². The summed E-state index contributed by atoms with van der Waals surface area (Å²) in [7, 11) is -4.24. The third-order valence-corrected chi connectivity index (χ3v) is 6.09. The van der Waals surface area contributed by atoms with E-state index in [1.807, 2.05) is 0 Å². The standard InChI is InChI=1S/C16H15Cl2NO4S/c1-10-5-3-4-6-14(10)19(11(2)16(20)21)24(22,23)15-9-12(17)7-8-13(15)18/h3-9,11H,1-2H3,(H,20,21). The van der Waals surface area contributed by atoms with Gasteiger partial charge in [0.15, 0.2) is 0 Å². The predicted octanol–water partition coefficient (Wildman–Crippen LogP) is 3.97. The molecule has 128 valence electrons. The molecule has 0 radical (unpaired) electrons. The smallest absolute Gasteiger partial charge is 0.327 e. The van der Waals surface area contributed by atoms with E-state index < -0.39 is 22.0 Å². The first kappa shape index (κ1) is 18.6. The summed E-state index contributed by atoms with van der Waals surface area (Å²) in [6.45, 7) is 3.00. The number of anilines is 1. The zero-order valence-corrected chi connectivity index (χ0v) is 15.2. The molecular formula is C16H15Cl2NO4S. The summed E-state index contributed by atoms with van der Waals surface area (Å²) in [5, 5.41) is 9.53. The molecule has 2 aromatic carbocycles. The first-order valence-corrected chi connectivity index (χ1v) is 9.13. The van der Waals surface area contributed by atoms with Crippen LogP contribution in [0.15, 0.2) is 47.4 Å². The molecule has 0 bridgehead atoms. The second-order valence-electron chi connectivity index (χ2n) is 5.18. The topological polar surface area (TPSA) is 74.7 Å². The van der Waals surface area contributed by atoms with Crippen molar-refractivity contribution in [2.75, 3.05) is 4.31 Å². The van der Waals surface area contributed by atoms with Crippen molar-refractivity contribution in [2.45, 2.75) is 24.8 Å². The SMILES string of the molecule is Cc1ccccc1N(C(C)C(=O)O)S(=O)(=O)c1cc(Cl)ccc1Cl. The number of hydrogen-bond donors (Lipinski definition) is 1. The first-order chi connectivity index (χ1) is 11.2. The van der Waals surface area contributed by atoms with Crippen molar-refractivity contribution in [3.63, 3.8) is 0 Å². The Morgan fingerprint density at radius 1 is 1.17 bits per heavy atom. The van der Waals surface area contributed by atoms with Gasteiger partial charge in [-0.1, -0.05) is 41.4 Å². The number of aliphatic carboxylic acids is 1. The quantitative estimate of drug-likeness (QED) is 0.841. The van der Waals surface area contributed by atoms with E-state index in [9.17, 15) is 18.3 Å². The maximum Gasteiger partial charge on any atom is 0.327 e. The van der Waals surface area contributed by atoms with E-state index in [2.05, 4.69) is 0 Å². The van der Waals surface area contributed by atoms with Gasteiger partial charge in [-0.25, -0.2) is 13.2 Å². The minimum atomic E-state index is -4.24. The molecule has 2 rings (SSSR count). The number of halogens is 2. The fourth-order valence-corrected chi connectivity index (χ4v) is 4.66. The minimum absolute atomic E-state index is 0.0319. The Labute approximate surface area is 150 Å². The molecule has 2 aromatic rings. The Balaban J connectivity index is 2.73. The van der Waals surface area contributed by atoms with Crippen LogP contribution >= 0.6 is 23.2 Å². The maximum absolute atomic E-state index is 13.1. The van der Waals surface area contributed by atoms with Gasteiger partial charge in [0.1, 0.15) is 10.9 Å². The highest BCUT2D eigenvalue weighted by Gasteiger charge is 2.35. The van der Waals surface area contributed by atoms with Crippen LogP contribution in [0.1, 0.15) is 12.5 Å². The molecule has 0 heterocycles. The largest absolute Gasteiger partial charge is 0.480 e. The van der Waals surface area contributed by atoms with Crippen molar-refractivity contribution in [3.8, 4) is 0 Å². The fraction of sp³-hybridized carbons (Fsp3) is 0.188. The zero-order chi connectivity index (χ0) is 18.1. The Kier molecular flexibility index (Phi) is 5.42. The Hall–Kier alpha value is -1.76. The molecule has 0 aliphatic rings. The lowest BCUT2D eigenvalue weighted by Crippen LogP contribution is -2.43. The highest BCUT2D eigenvalue weighted by atomic mass is 35.5. The van der Waals surface area contributed by atoms with Crippen molar-refractivity contribution in [2.24, 2.45) is 0 Å². The number of carboxylic acids is 1. The summed E-state index contributed by atoms with van der Waals surface area (Å²) < 4.78 is 27.1. The van der Waals surface area contributed by atoms with Crippen molar-refractivity contribution >= 4 is 44.9 Å². The van der Waals surface area contributed by atoms with Gasteiger partial charge in [-0.2, -0.15) is 0 Å². The second kappa shape index (κ2) is 7.01. The van der Waals surface area contributed by atoms with E-state index in [-0.39, 0.29) is 20.6 Å². The average molecular weight is 388 g/mol. The Morgan fingerprint density at radius 3 is 2.38 bits per heavy atom. The lowest BCUT2D eigenvalue weighted by Gasteiger charge is -2.29. The molecular weight excluding hydrogens is 373 g/mol. The molecule has 1 atom stereocenters. The number of rotatable bonds is 5. The van der Waals surface area contributed by atoms with Crippen LogP contribution in [0.5, 0.6) is 0 Å². The van der Waals surface area contributed by atoms with E-state index in [1.165, 1.54) is 25.1 Å². The van der Waals surface area contributed by atoms with Crippen LogP contribution in [-0.4, -0.2) is 25.5 Å². The van der Waals surface area contributed by atoms with Crippen molar-refractivity contribution in [1.29, 1.82) is 0 Å². The molecule has 5 nitrogen and oxygen atoms in total. The number of carbonyl (C=O) groups is 1. The van der Waals surface area contributed by atoms with Gasteiger partial charge >= 0.3 is 5.97 Å². The van der Waals surface area contributed by atoms with E-state index in [4.69, 9.17) is 23.2 Å². The molecule has 1 unspecified atom stereocenters. The number of sulfonamides is 1. The van der Waals surface area contributed by atoms with Gasteiger partial charge in [-0.05, 0) is 43.7 Å². The molecule has 0 saturated carbocycles. The van der Waals surface area contributed by atoms with Gasteiger partial charge in [0, 0.05) is 5.02 Å². The van der Waals surface area contributed by atoms with Gasteiger partial charge in [0.2, 0.25) is 0 Å². The van der Waals surface area contributed by atoms with E-state index >= 15 is 0 Å². The number of benzene rings is 2. The van der Waals surface area contributed by atoms with Crippen molar-refractivity contribution in [3.05, 3.63) is 58.1 Å². The van der Waals surface area contributed by atoms with Gasteiger partial charge in [-0.3, -0.25) is 4.31 Å². The summed E-state index contributed by atoms with van der Waals surface area (Å²) in [4.78, 5) is 11.2. The van der Waals surface area contributed by atoms with Gasteiger partial charge in [0.25, 0.3) is 10.0 Å². The normalized spacial score (nSPS) is 12.7. The monoisotopic (exact) mass is 387 g/mol. The van der Waals surface area contributed by atoms with Gasteiger partial charge < -0.3 is 5.11 Å². The van der Waals surface area contributed by atoms with E-state index in [0.717, 1.165) is 4.31 Å². The molecule has 0 aliphatic carbocycles. The van der Waals surface area contributed by atoms with E-state index in [0.29, 0.717) is 5.56 Å². The lowest BCUT2D eigenvalue weighted by molar-refractivity contribution is -0.137. The van der Waals surface area contributed by atoms with Crippen LogP contribution in [0, 0.1) is 6.92 Å². The second-order valence-corrected chi connectivity index (χ2v) is 7.80. The van der Waals surface area contributed by atoms with Crippen LogP contribution in [0.25, 0.3) is 0 Å². The summed E-state index contributed by atoms with van der Waals surface area (Å²) in [6.07, 6.45) is 0. The molecule has 0 spiro atoms. The third-order valence-electron chi connectivity index (χ3n) is 3.49. The summed E-state index contributed by atoms with van der Waals surface area (Å²) in [5.74, 6) is -1.28. The molecule has 8 heteroatoms. The fourth-order valence-electron chi connectivity index (χ4n) is 2.24. The average Bonchev–Trinajstić information content (AvgIpc) is 2.51. The Morgan fingerprint density at radius 2 is 1.79 bits per heavy atom. The molecule has 0 fully saturated rings. The number of aryl methyl sites for hydroxylation is 1. The zero-order valence-electron chi connectivity index (χ0n) is 12.9. The third kappa shape index (κ3) is 3.50. The van der Waals surface area contributed by atoms with Crippen LogP contribution < -0.4 is 4.31 Å². The van der Waals surface area contributed by atoms with Gasteiger partial charge in [0.05, 0.1) is 10.7 Å². The first-order valence-electron chi connectivity index (χ1n) is 6.94. The molecule has 0 aliphatic heterocycles. The number of hydrogen-bond acceptors (Lipinski definition) is 3. The van der Waals surface area contributed by atoms with Crippen LogP contribution in [0.3, 0.4) is 0 Å². The number of para-hydroxylation sites is 1. The molecule has 0 saturated heterocycles. The number of carboxylic acid groups (broad SMARTS) is 1. The van der Waals surface area contributed by atoms with Gasteiger partial charge in [-0.15, -0.1) is 0 Å². The predicted molar refractivity (Wildman–Crippen MR) is 94.4 cm³/mol. The molecule has 0 amide bonds. The number of nitrogens with zero attached hydrogens (tertiary/aromatic N) is 1. The van der Waals surface area contributed by atoms with E-state index in [1.54, 1.807) is 31.2 Å². The molecule has 0 aromatic heterocycles.